The van der Waals surface area contributed by atoms with E-state index in [4.69, 9.17) is 5.11 Å². The molecule has 4 N–H and O–H groups in total. The summed E-state index contributed by atoms with van der Waals surface area (Å²) < 4.78 is 0. The first-order valence-electron chi connectivity index (χ1n) is 8.84. The highest BCUT2D eigenvalue weighted by Crippen LogP contribution is 2.27. The Kier molecular flexibility index (Phi) is 6.69. The molecule has 8 heteroatoms. The number of hydrogen-bond acceptors (Lipinski definition) is 8. The Bertz CT molecular complexity index is 862. The number of rotatable bonds is 9. The van der Waals surface area contributed by atoms with Gasteiger partial charge in [0.2, 0.25) is 5.95 Å². The Labute approximate surface area is 162 Å². The highest BCUT2D eigenvalue weighted by Gasteiger charge is 2.08. The van der Waals surface area contributed by atoms with Crippen LogP contribution in [-0.2, 0) is 0 Å². The first-order valence-corrected chi connectivity index (χ1v) is 9.66. The lowest BCUT2D eigenvalue weighted by molar-refractivity contribution is 0.293. The molecule has 3 rings (SSSR count). The molecule has 2 heterocycles. The van der Waals surface area contributed by atoms with Crippen molar-refractivity contribution in [1.82, 2.24) is 20.3 Å². The fourth-order valence-corrected chi connectivity index (χ4v) is 3.48. The predicted molar refractivity (Wildman–Crippen MR) is 111 cm³/mol. The smallest absolute Gasteiger partial charge is 0.227 e. The van der Waals surface area contributed by atoms with Gasteiger partial charge >= 0.3 is 0 Å². The minimum atomic E-state index is 0.150. The summed E-state index contributed by atoms with van der Waals surface area (Å²) in [6.45, 7) is 6.44. The van der Waals surface area contributed by atoms with Crippen molar-refractivity contribution in [2.75, 3.05) is 36.9 Å². The molecule has 142 valence electrons. The number of thiazole rings is 1. The average Bonchev–Trinajstić information content (AvgIpc) is 3.10. The summed E-state index contributed by atoms with van der Waals surface area (Å²) >= 11 is 1.55. The van der Waals surface area contributed by atoms with E-state index < -0.39 is 0 Å². The molecular formula is C19H24N6OS. The van der Waals surface area contributed by atoms with Crippen LogP contribution in [0, 0.1) is 13.8 Å². The summed E-state index contributed by atoms with van der Waals surface area (Å²) in [5.74, 6) is 0.551. The molecular weight excluding hydrogens is 360 g/mol. The van der Waals surface area contributed by atoms with Gasteiger partial charge in [-0.25, -0.2) is 15.0 Å². The Morgan fingerprint density at radius 1 is 1.04 bits per heavy atom. The number of hydrogen-bond donors (Lipinski definition) is 4. The van der Waals surface area contributed by atoms with Gasteiger partial charge in [0.25, 0.3) is 0 Å². The minimum absolute atomic E-state index is 0.150. The van der Waals surface area contributed by atoms with Gasteiger partial charge in [-0.2, -0.15) is 0 Å². The van der Waals surface area contributed by atoms with E-state index in [1.54, 1.807) is 17.5 Å². The fraction of sp³-hybridized carbons (Fsp3) is 0.316. The molecule has 27 heavy (non-hydrogen) atoms. The van der Waals surface area contributed by atoms with E-state index >= 15 is 0 Å². The average molecular weight is 385 g/mol. The third-order valence-electron chi connectivity index (χ3n) is 3.75. The predicted octanol–water partition coefficient (Wildman–Crippen LogP) is 2.95. The van der Waals surface area contributed by atoms with Crippen molar-refractivity contribution in [1.29, 1.82) is 0 Å². The number of aryl methyl sites for hydroxylation is 2. The van der Waals surface area contributed by atoms with Gasteiger partial charge in [0, 0.05) is 31.5 Å². The monoisotopic (exact) mass is 384 g/mol. The van der Waals surface area contributed by atoms with Gasteiger partial charge in [0.1, 0.15) is 15.7 Å². The number of nitrogens with one attached hydrogen (secondary N) is 3. The van der Waals surface area contributed by atoms with Gasteiger partial charge in [-0.3, -0.25) is 0 Å². The van der Waals surface area contributed by atoms with Crippen molar-refractivity contribution in [2.24, 2.45) is 0 Å². The zero-order valence-electron chi connectivity index (χ0n) is 15.5. The van der Waals surface area contributed by atoms with Crippen LogP contribution >= 0.6 is 11.3 Å². The van der Waals surface area contributed by atoms with Crippen molar-refractivity contribution in [2.45, 2.75) is 13.8 Å². The lowest BCUT2D eigenvalue weighted by atomic mass is 10.1. The highest BCUT2D eigenvalue weighted by atomic mass is 32.1. The van der Waals surface area contributed by atoms with Gasteiger partial charge in [-0.05, 0) is 43.2 Å². The molecule has 0 atom stereocenters. The van der Waals surface area contributed by atoms with E-state index in [9.17, 15) is 0 Å². The van der Waals surface area contributed by atoms with Crippen molar-refractivity contribution in [3.8, 4) is 10.7 Å². The van der Waals surface area contributed by atoms with Gasteiger partial charge in [-0.1, -0.05) is 17.4 Å². The van der Waals surface area contributed by atoms with Crippen LogP contribution in [0.15, 0.2) is 36.7 Å². The van der Waals surface area contributed by atoms with Crippen molar-refractivity contribution >= 4 is 28.0 Å². The second-order valence-corrected chi connectivity index (χ2v) is 7.23. The number of aromatic nitrogens is 3. The maximum atomic E-state index is 8.75. The van der Waals surface area contributed by atoms with Crippen LogP contribution < -0.4 is 16.0 Å². The second kappa shape index (κ2) is 9.40. The summed E-state index contributed by atoms with van der Waals surface area (Å²) in [4.78, 5) is 13.4. The molecule has 2 aromatic heterocycles. The molecule has 0 aliphatic rings. The Balaban J connectivity index is 1.65. The largest absolute Gasteiger partial charge is 0.395 e. The third-order valence-corrected chi connectivity index (χ3v) is 4.73. The molecule has 0 radical (unpaired) electrons. The van der Waals surface area contributed by atoms with E-state index in [1.165, 1.54) is 11.1 Å². The molecule has 0 fully saturated rings. The van der Waals surface area contributed by atoms with E-state index in [1.807, 2.05) is 12.3 Å². The van der Waals surface area contributed by atoms with Gasteiger partial charge in [0.05, 0.1) is 12.8 Å². The van der Waals surface area contributed by atoms with Gasteiger partial charge in [0.15, 0.2) is 0 Å². The zero-order valence-corrected chi connectivity index (χ0v) is 16.3. The Morgan fingerprint density at radius 3 is 2.63 bits per heavy atom. The van der Waals surface area contributed by atoms with E-state index in [2.05, 4.69) is 62.9 Å². The van der Waals surface area contributed by atoms with Crippen LogP contribution in [0.3, 0.4) is 0 Å². The lowest BCUT2D eigenvalue weighted by Crippen LogP contribution is -2.24. The van der Waals surface area contributed by atoms with E-state index in [-0.39, 0.29) is 6.61 Å². The molecule has 0 unspecified atom stereocenters. The third kappa shape index (κ3) is 5.72. The molecule has 0 saturated carbocycles. The minimum Gasteiger partial charge on any atom is -0.395 e. The van der Waals surface area contributed by atoms with Crippen molar-refractivity contribution < 1.29 is 5.11 Å². The Hall–Kier alpha value is -2.55. The van der Waals surface area contributed by atoms with Crippen LogP contribution in [0.2, 0.25) is 0 Å². The van der Waals surface area contributed by atoms with E-state index in [0.717, 1.165) is 34.5 Å². The summed E-state index contributed by atoms with van der Waals surface area (Å²) in [5.41, 5.74) is 4.14. The highest BCUT2D eigenvalue weighted by molar-refractivity contribution is 7.18. The topological polar surface area (TPSA) is 95.0 Å². The first-order chi connectivity index (χ1) is 13.1. The van der Waals surface area contributed by atoms with Crippen molar-refractivity contribution in [3.63, 3.8) is 0 Å². The standard InChI is InChI=1S/C19H24N6OS/c1-13-9-14(2)11-15(10-13)24-19-22-4-3-16(25-19)18-23-12-17(27-18)21-6-5-20-7-8-26/h3-4,9-12,20-21,26H,5-8H2,1-2H3,(H,22,24,25). The van der Waals surface area contributed by atoms with Crippen LogP contribution in [0.5, 0.6) is 0 Å². The van der Waals surface area contributed by atoms with Crippen LogP contribution in [0.1, 0.15) is 11.1 Å². The quantitative estimate of drug-likeness (QED) is 0.421. The Morgan fingerprint density at radius 2 is 1.85 bits per heavy atom. The number of aliphatic hydroxyl groups excluding tert-OH is 1. The SMILES string of the molecule is Cc1cc(C)cc(Nc2nccc(-c3ncc(NCCNCCO)s3)n2)c1. The maximum absolute atomic E-state index is 8.75. The van der Waals surface area contributed by atoms with Crippen molar-refractivity contribution in [3.05, 3.63) is 47.8 Å². The molecule has 0 saturated heterocycles. The molecule has 0 bridgehead atoms. The molecule has 7 nitrogen and oxygen atoms in total. The maximum Gasteiger partial charge on any atom is 0.227 e. The molecule has 3 aromatic rings. The van der Waals surface area contributed by atoms with Crippen LogP contribution in [0.4, 0.5) is 16.6 Å². The summed E-state index contributed by atoms with van der Waals surface area (Å²) in [6, 6.07) is 8.13. The number of benzene rings is 1. The molecule has 0 amide bonds. The number of anilines is 3. The zero-order chi connectivity index (χ0) is 19.1. The molecule has 1 aromatic carbocycles. The number of aliphatic hydroxyl groups is 1. The summed E-state index contributed by atoms with van der Waals surface area (Å²) in [6.07, 6.45) is 3.55. The van der Waals surface area contributed by atoms with Gasteiger partial charge in [-0.15, -0.1) is 0 Å². The first kappa shape index (κ1) is 19.2. The van der Waals surface area contributed by atoms with Gasteiger partial charge < -0.3 is 21.1 Å². The fourth-order valence-electron chi connectivity index (χ4n) is 2.67. The molecule has 0 aliphatic heterocycles. The summed E-state index contributed by atoms with van der Waals surface area (Å²) in [7, 11) is 0. The summed E-state index contributed by atoms with van der Waals surface area (Å²) in [5, 5.41) is 20.3. The molecule has 0 spiro atoms. The number of nitrogens with zero attached hydrogens (tertiary/aromatic N) is 3. The molecule has 0 aliphatic carbocycles. The van der Waals surface area contributed by atoms with Crippen LogP contribution in [-0.4, -0.2) is 46.3 Å². The normalized spacial score (nSPS) is 10.8. The van der Waals surface area contributed by atoms with E-state index in [0.29, 0.717) is 12.5 Å². The lowest BCUT2D eigenvalue weighted by Gasteiger charge is -2.07. The van der Waals surface area contributed by atoms with Crippen LogP contribution in [0.25, 0.3) is 10.7 Å². The second-order valence-electron chi connectivity index (χ2n) is 6.20.